The Balaban J connectivity index is 3.12. The van der Waals surface area contributed by atoms with Gasteiger partial charge in [0.1, 0.15) is 0 Å². The smallest absolute Gasteiger partial charge is 0.0650 e. The molecule has 0 bridgehead atoms. The largest absolute Gasteiger partial charge is 0.259 e. The van der Waals surface area contributed by atoms with E-state index in [1.807, 2.05) is 13.0 Å². The minimum absolute atomic E-state index is 0.0521. The van der Waals surface area contributed by atoms with Crippen molar-refractivity contribution in [1.82, 2.24) is 4.98 Å². The first kappa shape index (κ1) is 10.3. The fourth-order valence-corrected chi connectivity index (χ4v) is 1.70. The fourth-order valence-electron chi connectivity index (χ4n) is 0.939. The summed E-state index contributed by atoms with van der Waals surface area (Å²) >= 11 is 15.0. The van der Waals surface area contributed by atoms with E-state index in [2.05, 4.69) is 20.9 Å². The molecular formula is C8H8BrCl2N. The Bertz CT molecular complexity index is 276. The second-order valence-corrected chi connectivity index (χ2v) is 4.28. The zero-order chi connectivity index (χ0) is 9.14. The number of pyridine rings is 1. The predicted octanol–water partition coefficient (Wildman–Crippen LogP) is 3.88. The number of hydrogen-bond acceptors (Lipinski definition) is 1. The first-order valence-electron chi connectivity index (χ1n) is 3.49. The van der Waals surface area contributed by atoms with E-state index < -0.39 is 0 Å². The van der Waals surface area contributed by atoms with Gasteiger partial charge in [0.2, 0.25) is 0 Å². The molecule has 0 radical (unpaired) electrons. The van der Waals surface area contributed by atoms with Gasteiger partial charge < -0.3 is 0 Å². The Morgan fingerprint density at radius 1 is 1.67 bits per heavy atom. The summed E-state index contributed by atoms with van der Waals surface area (Å²) in [6, 6.07) is 1.95. The minimum atomic E-state index is -0.0521. The second-order valence-electron chi connectivity index (χ2n) is 2.44. The third kappa shape index (κ3) is 2.35. The van der Waals surface area contributed by atoms with Crippen LogP contribution in [-0.2, 0) is 5.88 Å². The molecule has 1 nitrogen and oxygen atoms in total. The highest BCUT2D eigenvalue weighted by atomic mass is 79.9. The van der Waals surface area contributed by atoms with E-state index in [0.29, 0.717) is 5.88 Å². The molecule has 0 N–H and O–H groups in total. The lowest BCUT2D eigenvalue weighted by Gasteiger charge is -2.07. The average Bonchev–Trinajstić information content (AvgIpc) is 2.04. The van der Waals surface area contributed by atoms with Gasteiger partial charge in [0.25, 0.3) is 0 Å². The van der Waals surface area contributed by atoms with Crippen molar-refractivity contribution in [2.45, 2.75) is 18.2 Å². The Hall–Kier alpha value is 0.210. The average molecular weight is 269 g/mol. The highest BCUT2D eigenvalue weighted by Crippen LogP contribution is 2.25. The van der Waals surface area contributed by atoms with Crippen LogP contribution >= 0.6 is 39.1 Å². The maximum Gasteiger partial charge on any atom is 0.0650 e. The van der Waals surface area contributed by atoms with Gasteiger partial charge in [-0.3, -0.25) is 4.98 Å². The van der Waals surface area contributed by atoms with Crippen LogP contribution in [0.4, 0.5) is 0 Å². The first-order valence-corrected chi connectivity index (χ1v) is 5.26. The van der Waals surface area contributed by atoms with Crippen LogP contribution in [-0.4, -0.2) is 4.98 Å². The molecular weight excluding hydrogens is 261 g/mol. The first-order chi connectivity index (χ1) is 5.65. The Labute approximate surface area is 90.2 Å². The van der Waals surface area contributed by atoms with E-state index in [9.17, 15) is 0 Å². The normalized spacial score (nSPS) is 13.0. The van der Waals surface area contributed by atoms with E-state index in [4.69, 9.17) is 23.2 Å². The lowest BCUT2D eigenvalue weighted by molar-refractivity contribution is 0.997. The molecule has 1 aromatic rings. The summed E-state index contributed by atoms with van der Waals surface area (Å²) in [6.07, 6.45) is 1.72. The number of nitrogens with zero attached hydrogens (tertiary/aromatic N) is 1. The van der Waals surface area contributed by atoms with Crippen molar-refractivity contribution in [3.63, 3.8) is 0 Å². The highest BCUT2D eigenvalue weighted by molar-refractivity contribution is 9.10. The molecule has 0 amide bonds. The molecule has 0 spiro atoms. The Morgan fingerprint density at radius 3 is 2.83 bits per heavy atom. The van der Waals surface area contributed by atoms with Crippen molar-refractivity contribution >= 4 is 39.1 Å². The standard InChI is InChI=1S/C8H8BrCl2N/c1-5(11)7-2-6(9)4-12-8(7)3-10/h2,4-5H,3H2,1H3. The summed E-state index contributed by atoms with van der Waals surface area (Å²) in [4.78, 5) is 4.15. The molecule has 0 aliphatic carbocycles. The summed E-state index contributed by atoms with van der Waals surface area (Å²) < 4.78 is 0.930. The van der Waals surface area contributed by atoms with E-state index in [1.165, 1.54) is 0 Å². The minimum Gasteiger partial charge on any atom is -0.259 e. The summed E-state index contributed by atoms with van der Waals surface area (Å²) in [5.41, 5.74) is 1.84. The number of aromatic nitrogens is 1. The third-order valence-electron chi connectivity index (χ3n) is 1.53. The van der Waals surface area contributed by atoms with E-state index >= 15 is 0 Å². The topological polar surface area (TPSA) is 12.9 Å². The lowest BCUT2D eigenvalue weighted by Crippen LogP contribution is -1.95. The van der Waals surface area contributed by atoms with E-state index in [0.717, 1.165) is 15.7 Å². The van der Waals surface area contributed by atoms with Crippen molar-refractivity contribution in [3.8, 4) is 0 Å². The number of rotatable bonds is 2. The molecule has 1 unspecified atom stereocenters. The van der Waals surface area contributed by atoms with Crippen LogP contribution in [0.5, 0.6) is 0 Å². The van der Waals surface area contributed by atoms with Crippen LogP contribution in [0.2, 0.25) is 0 Å². The Morgan fingerprint density at radius 2 is 2.33 bits per heavy atom. The summed E-state index contributed by atoms with van der Waals surface area (Å²) in [5.74, 6) is 0.402. The Kier molecular flexibility index (Phi) is 3.81. The molecule has 66 valence electrons. The predicted molar refractivity (Wildman–Crippen MR) is 55.8 cm³/mol. The van der Waals surface area contributed by atoms with E-state index in [1.54, 1.807) is 6.20 Å². The maximum atomic E-state index is 5.94. The summed E-state index contributed by atoms with van der Waals surface area (Å²) in [6.45, 7) is 1.90. The zero-order valence-electron chi connectivity index (χ0n) is 6.52. The van der Waals surface area contributed by atoms with Crippen molar-refractivity contribution in [3.05, 3.63) is 28.0 Å². The molecule has 0 saturated heterocycles. The monoisotopic (exact) mass is 267 g/mol. The van der Waals surface area contributed by atoms with Crippen molar-refractivity contribution < 1.29 is 0 Å². The number of alkyl halides is 2. The third-order valence-corrected chi connectivity index (χ3v) is 2.45. The van der Waals surface area contributed by atoms with Crippen LogP contribution in [0.15, 0.2) is 16.7 Å². The number of halogens is 3. The molecule has 0 aliphatic rings. The quantitative estimate of drug-likeness (QED) is 0.742. The molecule has 0 fully saturated rings. The molecule has 12 heavy (non-hydrogen) atoms. The second kappa shape index (κ2) is 4.45. The molecule has 1 aromatic heterocycles. The molecule has 1 rings (SSSR count). The van der Waals surface area contributed by atoms with Gasteiger partial charge in [-0.25, -0.2) is 0 Å². The van der Waals surface area contributed by atoms with Gasteiger partial charge in [-0.2, -0.15) is 0 Å². The summed E-state index contributed by atoms with van der Waals surface area (Å²) in [7, 11) is 0. The lowest BCUT2D eigenvalue weighted by atomic mass is 10.1. The number of hydrogen-bond donors (Lipinski definition) is 0. The van der Waals surface area contributed by atoms with Gasteiger partial charge in [-0.05, 0) is 34.5 Å². The fraction of sp³-hybridized carbons (Fsp3) is 0.375. The van der Waals surface area contributed by atoms with Gasteiger partial charge in [0.15, 0.2) is 0 Å². The van der Waals surface area contributed by atoms with Crippen LogP contribution in [0.1, 0.15) is 23.6 Å². The van der Waals surface area contributed by atoms with Crippen molar-refractivity contribution in [2.75, 3.05) is 0 Å². The van der Waals surface area contributed by atoms with Gasteiger partial charge in [0.05, 0.1) is 17.0 Å². The summed E-state index contributed by atoms with van der Waals surface area (Å²) in [5, 5.41) is -0.0521. The molecule has 1 atom stereocenters. The molecule has 0 aliphatic heterocycles. The van der Waals surface area contributed by atoms with Crippen LogP contribution in [0.25, 0.3) is 0 Å². The van der Waals surface area contributed by atoms with Crippen molar-refractivity contribution in [2.24, 2.45) is 0 Å². The van der Waals surface area contributed by atoms with Crippen LogP contribution < -0.4 is 0 Å². The zero-order valence-corrected chi connectivity index (χ0v) is 9.62. The molecule has 0 aromatic carbocycles. The maximum absolute atomic E-state index is 5.94. The van der Waals surface area contributed by atoms with Gasteiger partial charge in [0, 0.05) is 10.7 Å². The highest BCUT2D eigenvalue weighted by Gasteiger charge is 2.08. The van der Waals surface area contributed by atoms with Gasteiger partial charge in [-0.1, -0.05) is 0 Å². The van der Waals surface area contributed by atoms with Crippen LogP contribution in [0, 0.1) is 0 Å². The van der Waals surface area contributed by atoms with Gasteiger partial charge >= 0.3 is 0 Å². The molecule has 0 saturated carbocycles. The van der Waals surface area contributed by atoms with Gasteiger partial charge in [-0.15, -0.1) is 23.2 Å². The van der Waals surface area contributed by atoms with Crippen LogP contribution in [0.3, 0.4) is 0 Å². The molecule has 1 heterocycles. The molecule has 4 heteroatoms. The SMILES string of the molecule is CC(Cl)c1cc(Br)cnc1CCl. The van der Waals surface area contributed by atoms with Crippen molar-refractivity contribution in [1.29, 1.82) is 0 Å². The van der Waals surface area contributed by atoms with E-state index in [-0.39, 0.29) is 5.38 Å².